The summed E-state index contributed by atoms with van der Waals surface area (Å²) in [5.41, 5.74) is 2.40. The highest BCUT2D eigenvalue weighted by atomic mass is 19.1. The van der Waals surface area contributed by atoms with Gasteiger partial charge in [0.1, 0.15) is 12.5 Å². The number of benzene rings is 2. The van der Waals surface area contributed by atoms with Crippen LogP contribution in [0.5, 0.6) is 0 Å². The van der Waals surface area contributed by atoms with Gasteiger partial charge in [0, 0.05) is 13.1 Å². The molecule has 1 N–H and O–H groups in total. The van der Waals surface area contributed by atoms with Gasteiger partial charge in [0.15, 0.2) is 6.10 Å². The topological polar surface area (TPSA) is 41.6 Å². The molecule has 31 heavy (non-hydrogen) atoms. The molecule has 2 aromatic carbocycles. The number of alkyl halides is 1. The Labute approximate surface area is 182 Å². The standard InChI is InChI=1S/C25H30F2N2O2/c1-2-3-13-25(19-8-10-20(27)11-9-19)21-7-5-4-6-18(21)12-15-29(25)24(30)23-22(17-26)28-14-16-31-23/h4-11,22-23,28H,2-3,12-17H2,1H3/t22-,23+,25-/m0/s1. The maximum absolute atomic E-state index is 13.9. The number of hydrogen-bond donors (Lipinski definition) is 1. The molecule has 0 bridgehead atoms. The molecule has 0 spiro atoms. The molecular formula is C25H30F2N2O2. The van der Waals surface area contributed by atoms with Crippen molar-refractivity contribution in [2.24, 2.45) is 0 Å². The zero-order valence-corrected chi connectivity index (χ0v) is 17.9. The number of nitrogens with zero attached hydrogens (tertiary/aromatic N) is 1. The molecule has 1 amide bonds. The molecule has 4 rings (SSSR count). The first-order valence-electron chi connectivity index (χ1n) is 11.2. The molecule has 0 radical (unpaired) electrons. The van der Waals surface area contributed by atoms with Crippen molar-refractivity contribution in [2.45, 2.75) is 50.3 Å². The van der Waals surface area contributed by atoms with E-state index in [1.54, 1.807) is 12.1 Å². The van der Waals surface area contributed by atoms with Gasteiger partial charge in [0.2, 0.25) is 0 Å². The molecule has 0 aliphatic carbocycles. The second kappa shape index (κ2) is 9.45. The van der Waals surface area contributed by atoms with E-state index in [0.717, 1.165) is 30.4 Å². The number of halogens is 2. The van der Waals surface area contributed by atoms with Crippen molar-refractivity contribution >= 4 is 5.91 Å². The summed E-state index contributed by atoms with van der Waals surface area (Å²) in [6.45, 7) is 2.86. The van der Waals surface area contributed by atoms with E-state index in [9.17, 15) is 13.6 Å². The van der Waals surface area contributed by atoms with Crippen LogP contribution in [0, 0.1) is 5.82 Å². The number of carbonyl (C=O) groups excluding carboxylic acids is 1. The molecule has 0 saturated carbocycles. The minimum atomic E-state index is -0.870. The molecule has 2 aliphatic heterocycles. The Bertz CT molecular complexity index is 905. The summed E-state index contributed by atoms with van der Waals surface area (Å²) in [4.78, 5) is 15.7. The fourth-order valence-corrected chi connectivity index (χ4v) is 5.08. The average Bonchev–Trinajstić information content (AvgIpc) is 2.82. The summed E-state index contributed by atoms with van der Waals surface area (Å²) in [5.74, 6) is -0.515. The highest BCUT2D eigenvalue weighted by Crippen LogP contribution is 2.45. The van der Waals surface area contributed by atoms with Gasteiger partial charge in [-0.3, -0.25) is 4.79 Å². The average molecular weight is 429 g/mol. The predicted molar refractivity (Wildman–Crippen MR) is 116 cm³/mol. The highest BCUT2D eigenvalue weighted by molar-refractivity contribution is 5.84. The van der Waals surface area contributed by atoms with Crippen molar-refractivity contribution in [3.05, 3.63) is 71.0 Å². The predicted octanol–water partition coefficient (Wildman–Crippen LogP) is 3.97. The van der Waals surface area contributed by atoms with Crippen molar-refractivity contribution in [1.82, 2.24) is 10.2 Å². The van der Waals surface area contributed by atoms with Crippen LogP contribution in [0.4, 0.5) is 8.78 Å². The van der Waals surface area contributed by atoms with Crippen LogP contribution < -0.4 is 5.32 Å². The van der Waals surface area contributed by atoms with Gasteiger partial charge in [-0.25, -0.2) is 8.78 Å². The molecule has 3 atom stereocenters. The number of amides is 1. The summed E-state index contributed by atoms with van der Waals surface area (Å²) in [6.07, 6.45) is 2.41. The summed E-state index contributed by atoms with van der Waals surface area (Å²) in [5, 5.41) is 3.08. The lowest BCUT2D eigenvalue weighted by Gasteiger charge is -2.50. The molecule has 0 aromatic heterocycles. The molecule has 4 nitrogen and oxygen atoms in total. The van der Waals surface area contributed by atoms with Gasteiger partial charge in [-0.05, 0) is 41.7 Å². The number of hydrogen-bond acceptors (Lipinski definition) is 3. The number of fused-ring (bicyclic) bond motifs is 1. The van der Waals surface area contributed by atoms with Gasteiger partial charge in [-0.15, -0.1) is 0 Å². The van der Waals surface area contributed by atoms with Crippen molar-refractivity contribution < 1.29 is 18.3 Å². The van der Waals surface area contributed by atoms with Crippen molar-refractivity contribution in [3.63, 3.8) is 0 Å². The van der Waals surface area contributed by atoms with Crippen molar-refractivity contribution in [3.8, 4) is 0 Å². The number of unbranched alkanes of at least 4 members (excludes halogenated alkanes) is 1. The second-order valence-corrected chi connectivity index (χ2v) is 8.37. The zero-order chi connectivity index (χ0) is 21.8. The summed E-state index contributed by atoms with van der Waals surface area (Å²) in [7, 11) is 0. The van der Waals surface area contributed by atoms with Gasteiger partial charge in [0.25, 0.3) is 5.91 Å². The van der Waals surface area contributed by atoms with E-state index < -0.39 is 24.4 Å². The minimum absolute atomic E-state index is 0.204. The molecule has 6 heteroatoms. The maximum Gasteiger partial charge on any atom is 0.254 e. The SMILES string of the molecule is CCCC[C@]1(c2ccc(F)cc2)c2ccccc2CCN1C(=O)[C@@H]1OCCN[C@H]1CF. The van der Waals surface area contributed by atoms with E-state index in [0.29, 0.717) is 26.1 Å². The van der Waals surface area contributed by atoms with Gasteiger partial charge in [-0.1, -0.05) is 56.2 Å². The molecule has 166 valence electrons. The molecule has 2 aliphatic rings. The lowest BCUT2D eigenvalue weighted by atomic mass is 9.72. The number of carbonyl (C=O) groups is 1. The fourth-order valence-electron chi connectivity index (χ4n) is 5.08. The van der Waals surface area contributed by atoms with Crippen molar-refractivity contribution in [2.75, 3.05) is 26.4 Å². The number of ether oxygens (including phenoxy) is 1. The first-order valence-corrected chi connectivity index (χ1v) is 11.2. The van der Waals surface area contributed by atoms with Crippen LogP contribution in [-0.4, -0.2) is 49.3 Å². The molecule has 1 saturated heterocycles. The Morgan fingerprint density at radius 2 is 2.00 bits per heavy atom. The summed E-state index contributed by atoms with van der Waals surface area (Å²) >= 11 is 0. The van der Waals surface area contributed by atoms with Gasteiger partial charge < -0.3 is 15.0 Å². The van der Waals surface area contributed by atoms with E-state index >= 15 is 0 Å². The lowest BCUT2D eigenvalue weighted by molar-refractivity contribution is -0.155. The Kier molecular flexibility index (Phi) is 6.68. The Hall–Kier alpha value is -2.31. The number of rotatable bonds is 6. The van der Waals surface area contributed by atoms with Gasteiger partial charge >= 0.3 is 0 Å². The van der Waals surface area contributed by atoms with E-state index in [2.05, 4.69) is 24.4 Å². The highest BCUT2D eigenvalue weighted by Gasteiger charge is 2.49. The third-order valence-electron chi connectivity index (χ3n) is 6.59. The Morgan fingerprint density at radius 1 is 1.23 bits per heavy atom. The normalized spacial score (nSPS) is 25.8. The fraction of sp³-hybridized carbons (Fsp3) is 0.480. The van der Waals surface area contributed by atoms with E-state index in [1.807, 2.05) is 17.0 Å². The minimum Gasteiger partial charge on any atom is -0.365 e. The van der Waals surface area contributed by atoms with Crippen LogP contribution in [0.3, 0.4) is 0 Å². The van der Waals surface area contributed by atoms with Crippen molar-refractivity contribution in [1.29, 1.82) is 0 Å². The smallest absolute Gasteiger partial charge is 0.254 e. The number of nitrogens with one attached hydrogen (secondary N) is 1. The van der Waals surface area contributed by atoms with Crippen LogP contribution in [0.1, 0.15) is 42.9 Å². The first kappa shape index (κ1) is 21.9. The first-order chi connectivity index (χ1) is 15.1. The molecule has 2 aromatic rings. The second-order valence-electron chi connectivity index (χ2n) is 8.37. The van der Waals surface area contributed by atoms with Gasteiger partial charge in [0.05, 0.1) is 18.2 Å². The molecule has 0 unspecified atom stereocenters. The summed E-state index contributed by atoms with van der Waals surface area (Å²) < 4.78 is 33.3. The monoisotopic (exact) mass is 428 g/mol. The lowest BCUT2D eigenvalue weighted by Crippen LogP contribution is -2.62. The third-order valence-corrected chi connectivity index (χ3v) is 6.59. The summed E-state index contributed by atoms with van der Waals surface area (Å²) in [6, 6.07) is 14.0. The van der Waals surface area contributed by atoms with Crippen LogP contribution in [-0.2, 0) is 21.5 Å². The van der Waals surface area contributed by atoms with E-state index in [4.69, 9.17) is 4.74 Å². The third kappa shape index (κ3) is 3.99. The number of morpholine rings is 1. The molecule has 1 fully saturated rings. The Balaban J connectivity index is 1.86. The van der Waals surface area contributed by atoms with Crippen LogP contribution in [0.15, 0.2) is 48.5 Å². The van der Waals surface area contributed by atoms with E-state index in [-0.39, 0.29) is 11.7 Å². The molecule has 2 heterocycles. The zero-order valence-electron chi connectivity index (χ0n) is 17.9. The van der Waals surface area contributed by atoms with Crippen LogP contribution in [0.2, 0.25) is 0 Å². The van der Waals surface area contributed by atoms with E-state index in [1.165, 1.54) is 17.7 Å². The molecular weight excluding hydrogens is 398 g/mol. The maximum atomic E-state index is 13.9. The van der Waals surface area contributed by atoms with Crippen LogP contribution in [0.25, 0.3) is 0 Å². The van der Waals surface area contributed by atoms with Crippen LogP contribution >= 0.6 is 0 Å². The Morgan fingerprint density at radius 3 is 2.74 bits per heavy atom. The quantitative estimate of drug-likeness (QED) is 0.757. The van der Waals surface area contributed by atoms with Gasteiger partial charge in [-0.2, -0.15) is 0 Å². The largest absolute Gasteiger partial charge is 0.365 e.